The minimum Gasteiger partial charge on any atom is -0.355 e. The summed E-state index contributed by atoms with van der Waals surface area (Å²) < 4.78 is 1.06. The summed E-state index contributed by atoms with van der Waals surface area (Å²) in [6, 6.07) is 8.10. The zero-order valence-electron chi connectivity index (χ0n) is 10.1. The standard InChI is InChI=1S/C13H19BrN2O/c1-2-11(9-15)13(17)16-7-6-10-4-3-5-12(14)8-10/h3-5,8,11H,2,6-7,9,15H2,1H3,(H,16,17). The fraction of sp³-hybridized carbons (Fsp3) is 0.462. The van der Waals surface area contributed by atoms with Gasteiger partial charge in [0.1, 0.15) is 0 Å². The molecule has 94 valence electrons. The van der Waals surface area contributed by atoms with Gasteiger partial charge in [-0.15, -0.1) is 0 Å². The van der Waals surface area contributed by atoms with Crippen LogP contribution in [0.25, 0.3) is 0 Å². The van der Waals surface area contributed by atoms with Crippen LogP contribution in [0.3, 0.4) is 0 Å². The molecule has 0 aromatic heterocycles. The number of amides is 1. The van der Waals surface area contributed by atoms with Crippen molar-refractivity contribution in [3.8, 4) is 0 Å². The SMILES string of the molecule is CCC(CN)C(=O)NCCc1cccc(Br)c1. The molecule has 3 nitrogen and oxygen atoms in total. The molecule has 0 radical (unpaired) electrons. The Kier molecular flexibility index (Phi) is 6.22. The van der Waals surface area contributed by atoms with Crippen LogP contribution in [0.2, 0.25) is 0 Å². The summed E-state index contributed by atoms with van der Waals surface area (Å²) in [5.74, 6) is 0.00232. The zero-order chi connectivity index (χ0) is 12.7. The molecule has 0 saturated carbocycles. The summed E-state index contributed by atoms with van der Waals surface area (Å²) in [5.41, 5.74) is 6.73. The molecule has 1 unspecified atom stereocenters. The van der Waals surface area contributed by atoms with Gasteiger partial charge in [-0.3, -0.25) is 4.79 Å². The van der Waals surface area contributed by atoms with E-state index in [1.165, 1.54) is 5.56 Å². The predicted molar refractivity (Wildman–Crippen MR) is 73.7 cm³/mol. The van der Waals surface area contributed by atoms with E-state index in [0.29, 0.717) is 13.1 Å². The highest BCUT2D eigenvalue weighted by Gasteiger charge is 2.13. The number of hydrogen-bond acceptors (Lipinski definition) is 2. The molecule has 1 atom stereocenters. The first-order chi connectivity index (χ1) is 8.17. The van der Waals surface area contributed by atoms with E-state index >= 15 is 0 Å². The minimum atomic E-state index is -0.0579. The third-order valence-electron chi connectivity index (χ3n) is 2.75. The van der Waals surface area contributed by atoms with E-state index in [-0.39, 0.29) is 11.8 Å². The molecule has 0 saturated heterocycles. The van der Waals surface area contributed by atoms with Gasteiger partial charge in [0.25, 0.3) is 0 Å². The average molecular weight is 299 g/mol. The maximum atomic E-state index is 11.7. The van der Waals surface area contributed by atoms with Crippen molar-refractivity contribution >= 4 is 21.8 Å². The molecule has 1 aromatic carbocycles. The Morgan fingerprint density at radius 3 is 2.88 bits per heavy atom. The summed E-state index contributed by atoms with van der Waals surface area (Å²) in [5, 5.41) is 2.92. The van der Waals surface area contributed by atoms with Crippen molar-refractivity contribution in [2.24, 2.45) is 11.7 Å². The molecule has 4 heteroatoms. The van der Waals surface area contributed by atoms with Gasteiger partial charge >= 0.3 is 0 Å². The van der Waals surface area contributed by atoms with Crippen LogP contribution in [0.4, 0.5) is 0 Å². The Balaban J connectivity index is 2.35. The lowest BCUT2D eigenvalue weighted by Crippen LogP contribution is -2.35. The van der Waals surface area contributed by atoms with E-state index in [1.807, 2.05) is 19.1 Å². The topological polar surface area (TPSA) is 55.1 Å². The van der Waals surface area contributed by atoms with Gasteiger partial charge in [0.2, 0.25) is 5.91 Å². The molecule has 17 heavy (non-hydrogen) atoms. The first-order valence-electron chi connectivity index (χ1n) is 5.89. The Bertz CT molecular complexity index is 364. The van der Waals surface area contributed by atoms with Gasteiger partial charge < -0.3 is 11.1 Å². The Hall–Kier alpha value is -0.870. The molecule has 0 fully saturated rings. The number of halogens is 1. The number of nitrogens with one attached hydrogen (secondary N) is 1. The number of nitrogens with two attached hydrogens (primary N) is 1. The third-order valence-corrected chi connectivity index (χ3v) is 3.24. The summed E-state index contributed by atoms with van der Waals surface area (Å²) in [6.07, 6.45) is 1.63. The van der Waals surface area contributed by atoms with Crippen LogP contribution >= 0.6 is 15.9 Å². The lowest BCUT2D eigenvalue weighted by Gasteiger charge is -2.12. The van der Waals surface area contributed by atoms with Crippen LogP contribution < -0.4 is 11.1 Å². The molecule has 3 N–H and O–H groups in total. The predicted octanol–water partition coefficient (Wildman–Crippen LogP) is 2.09. The highest BCUT2D eigenvalue weighted by Crippen LogP contribution is 2.11. The van der Waals surface area contributed by atoms with E-state index < -0.39 is 0 Å². The molecule has 0 heterocycles. The number of benzene rings is 1. The van der Waals surface area contributed by atoms with Gasteiger partial charge in [-0.05, 0) is 30.5 Å². The van der Waals surface area contributed by atoms with Gasteiger partial charge in [-0.2, -0.15) is 0 Å². The molecule has 0 aliphatic heterocycles. The number of carbonyl (C=O) groups is 1. The van der Waals surface area contributed by atoms with Crippen LogP contribution in [-0.4, -0.2) is 19.0 Å². The Morgan fingerprint density at radius 1 is 1.53 bits per heavy atom. The summed E-state index contributed by atoms with van der Waals surface area (Å²) in [4.78, 5) is 11.7. The first-order valence-corrected chi connectivity index (χ1v) is 6.69. The smallest absolute Gasteiger partial charge is 0.224 e. The van der Waals surface area contributed by atoms with Crippen molar-refractivity contribution in [2.75, 3.05) is 13.1 Å². The second-order valence-corrected chi connectivity index (χ2v) is 4.93. The molecule has 0 aliphatic rings. The average Bonchev–Trinajstić information content (AvgIpc) is 2.30. The van der Waals surface area contributed by atoms with Crippen LogP contribution in [0.1, 0.15) is 18.9 Å². The van der Waals surface area contributed by atoms with E-state index in [4.69, 9.17) is 5.73 Å². The first kappa shape index (κ1) is 14.2. The van der Waals surface area contributed by atoms with E-state index in [0.717, 1.165) is 17.3 Å². The largest absolute Gasteiger partial charge is 0.355 e. The monoisotopic (exact) mass is 298 g/mol. The lowest BCUT2D eigenvalue weighted by atomic mass is 10.1. The van der Waals surface area contributed by atoms with E-state index in [1.54, 1.807) is 0 Å². The quantitative estimate of drug-likeness (QED) is 0.845. The van der Waals surface area contributed by atoms with Crippen LogP contribution in [-0.2, 0) is 11.2 Å². The van der Waals surface area contributed by atoms with Crippen LogP contribution in [0, 0.1) is 5.92 Å². The molecule has 0 aliphatic carbocycles. The Labute approximate surface area is 111 Å². The highest BCUT2D eigenvalue weighted by atomic mass is 79.9. The van der Waals surface area contributed by atoms with Crippen molar-refractivity contribution in [1.82, 2.24) is 5.32 Å². The van der Waals surface area contributed by atoms with Crippen LogP contribution in [0.5, 0.6) is 0 Å². The lowest BCUT2D eigenvalue weighted by molar-refractivity contribution is -0.124. The van der Waals surface area contributed by atoms with Crippen molar-refractivity contribution in [2.45, 2.75) is 19.8 Å². The molecular weight excluding hydrogens is 280 g/mol. The molecule has 1 rings (SSSR count). The molecular formula is C13H19BrN2O. The van der Waals surface area contributed by atoms with E-state index in [2.05, 4.69) is 33.4 Å². The third kappa shape index (κ3) is 4.88. The number of carbonyl (C=O) groups excluding carboxylic acids is 1. The zero-order valence-corrected chi connectivity index (χ0v) is 11.7. The normalized spacial score (nSPS) is 12.2. The maximum absolute atomic E-state index is 11.7. The second kappa shape index (κ2) is 7.45. The van der Waals surface area contributed by atoms with Gasteiger partial charge in [0.15, 0.2) is 0 Å². The molecule has 1 amide bonds. The van der Waals surface area contributed by atoms with Crippen LogP contribution in [0.15, 0.2) is 28.7 Å². The second-order valence-electron chi connectivity index (χ2n) is 4.01. The van der Waals surface area contributed by atoms with Crippen molar-refractivity contribution < 1.29 is 4.79 Å². The van der Waals surface area contributed by atoms with Crippen molar-refractivity contribution in [3.63, 3.8) is 0 Å². The highest BCUT2D eigenvalue weighted by molar-refractivity contribution is 9.10. The van der Waals surface area contributed by atoms with Crippen molar-refractivity contribution in [1.29, 1.82) is 0 Å². The van der Waals surface area contributed by atoms with Crippen molar-refractivity contribution in [3.05, 3.63) is 34.3 Å². The van der Waals surface area contributed by atoms with Gasteiger partial charge in [-0.25, -0.2) is 0 Å². The summed E-state index contributed by atoms with van der Waals surface area (Å²) >= 11 is 3.42. The minimum absolute atomic E-state index is 0.0579. The molecule has 0 spiro atoms. The fourth-order valence-electron chi connectivity index (χ4n) is 1.63. The van der Waals surface area contributed by atoms with Gasteiger partial charge in [0.05, 0.1) is 0 Å². The Morgan fingerprint density at radius 2 is 2.29 bits per heavy atom. The summed E-state index contributed by atoms with van der Waals surface area (Å²) in [6.45, 7) is 3.05. The number of rotatable bonds is 6. The fourth-order valence-corrected chi connectivity index (χ4v) is 2.07. The van der Waals surface area contributed by atoms with Gasteiger partial charge in [-0.1, -0.05) is 35.0 Å². The maximum Gasteiger partial charge on any atom is 0.224 e. The van der Waals surface area contributed by atoms with E-state index in [9.17, 15) is 4.79 Å². The summed E-state index contributed by atoms with van der Waals surface area (Å²) in [7, 11) is 0. The molecule has 1 aromatic rings. The molecule has 0 bridgehead atoms. The van der Waals surface area contributed by atoms with Gasteiger partial charge in [0, 0.05) is 23.5 Å². The number of hydrogen-bond donors (Lipinski definition) is 2.